The molecule has 110 valence electrons. The van der Waals surface area contributed by atoms with E-state index in [1.165, 1.54) is 0 Å². The van der Waals surface area contributed by atoms with Crippen LogP contribution in [-0.2, 0) is 17.1 Å². The van der Waals surface area contributed by atoms with Gasteiger partial charge in [-0.05, 0) is 11.6 Å². The van der Waals surface area contributed by atoms with E-state index in [-0.39, 0.29) is 22.7 Å². The molecule has 1 heterocycles. The van der Waals surface area contributed by atoms with Crippen LogP contribution in [0.2, 0.25) is 0 Å². The van der Waals surface area contributed by atoms with E-state index in [4.69, 9.17) is 4.42 Å². The number of fused-ring (bicyclic) bond motifs is 1. The third kappa shape index (κ3) is 3.64. The molecule has 0 aliphatic carbocycles. The quantitative estimate of drug-likeness (QED) is 0.290. The Kier molecular flexibility index (Phi) is 5.54. The summed E-state index contributed by atoms with van der Waals surface area (Å²) in [4.78, 5) is 11.8. The van der Waals surface area contributed by atoms with E-state index in [0.29, 0.717) is 11.1 Å². The summed E-state index contributed by atoms with van der Waals surface area (Å²) in [6.07, 6.45) is 0. The number of benzene rings is 1. The molecule has 0 spiro atoms. The van der Waals surface area contributed by atoms with Crippen LogP contribution in [0.5, 0.6) is 0 Å². The van der Waals surface area contributed by atoms with Gasteiger partial charge >= 0.3 is 22.7 Å². The van der Waals surface area contributed by atoms with Crippen LogP contribution >= 0.6 is 0 Å². The second kappa shape index (κ2) is 7.60. The zero-order chi connectivity index (χ0) is 14.5. The molecule has 0 amide bonds. The number of para-hydroxylation sites is 1. The van der Waals surface area contributed by atoms with Crippen molar-refractivity contribution in [3.05, 3.63) is 95.3 Å². The fraction of sp³-hybridized carbons (Fsp3) is 0. The monoisotopic (exact) mass is 330 g/mol. The summed E-state index contributed by atoms with van der Waals surface area (Å²) in [6, 6.07) is 27.0. The van der Waals surface area contributed by atoms with Gasteiger partial charge in [0.1, 0.15) is 5.58 Å². The SMILES string of the molecule is O=c1oc2ccccc2cc1-c1ccc[cH-]1.[Fe+2].c1cc[cH-]c1. The summed E-state index contributed by atoms with van der Waals surface area (Å²) < 4.78 is 5.26. The first-order valence-corrected chi connectivity index (χ1v) is 6.76. The van der Waals surface area contributed by atoms with Gasteiger partial charge in [0.25, 0.3) is 0 Å². The molecule has 0 fully saturated rings. The molecule has 0 aliphatic heterocycles. The summed E-state index contributed by atoms with van der Waals surface area (Å²) >= 11 is 0. The second-order valence-corrected chi connectivity index (χ2v) is 4.62. The molecule has 4 aromatic rings. The van der Waals surface area contributed by atoms with E-state index < -0.39 is 0 Å². The zero-order valence-corrected chi connectivity index (χ0v) is 12.9. The van der Waals surface area contributed by atoms with Gasteiger partial charge in [0.05, 0.1) is 0 Å². The van der Waals surface area contributed by atoms with Gasteiger partial charge in [-0.2, -0.15) is 36.4 Å². The fourth-order valence-electron chi connectivity index (χ4n) is 2.14. The van der Waals surface area contributed by atoms with E-state index in [0.717, 1.165) is 10.9 Å². The van der Waals surface area contributed by atoms with Crippen molar-refractivity contribution in [2.24, 2.45) is 0 Å². The topological polar surface area (TPSA) is 30.2 Å². The Morgan fingerprint density at radius 3 is 2.27 bits per heavy atom. The van der Waals surface area contributed by atoms with Crippen LogP contribution in [0.1, 0.15) is 0 Å². The molecule has 2 nitrogen and oxygen atoms in total. The molecule has 0 unspecified atom stereocenters. The Balaban J connectivity index is 0.000000253. The van der Waals surface area contributed by atoms with Crippen molar-refractivity contribution in [1.29, 1.82) is 0 Å². The van der Waals surface area contributed by atoms with Crippen LogP contribution in [0.4, 0.5) is 0 Å². The third-order valence-corrected chi connectivity index (χ3v) is 3.17. The number of hydrogen-bond donors (Lipinski definition) is 0. The first-order valence-electron chi connectivity index (χ1n) is 6.76. The van der Waals surface area contributed by atoms with Crippen molar-refractivity contribution in [2.75, 3.05) is 0 Å². The van der Waals surface area contributed by atoms with E-state index >= 15 is 0 Å². The second-order valence-electron chi connectivity index (χ2n) is 4.62. The van der Waals surface area contributed by atoms with Crippen molar-refractivity contribution in [2.45, 2.75) is 0 Å². The molecular weight excluding hydrogens is 316 g/mol. The predicted octanol–water partition coefficient (Wildman–Crippen LogP) is 4.58. The van der Waals surface area contributed by atoms with E-state index in [1.807, 2.05) is 78.9 Å². The standard InChI is InChI=1S/C14H9O2.C5H5.Fe/c15-14-12(10-5-1-2-6-10)9-11-7-3-4-8-13(11)16-14;1-2-4-5-3-1;/h1-9H;1-5H;/q2*-1;+2. The van der Waals surface area contributed by atoms with Gasteiger partial charge in [-0.25, -0.2) is 12.1 Å². The molecule has 0 saturated carbocycles. The summed E-state index contributed by atoms with van der Waals surface area (Å²) in [5, 5.41) is 0.943. The maximum Gasteiger partial charge on any atom is 2.00 e. The molecular formula is C19H14FeO2. The number of rotatable bonds is 1. The molecule has 0 N–H and O–H groups in total. The minimum atomic E-state index is -0.287. The summed E-state index contributed by atoms with van der Waals surface area (Å²) in [6.45, 7) is 0. The van der Waals surface area contributed by atoms with Crippen molar-refractivity contribution >= 4 is 11.0 Å². The molecule has 0 radical (unpaired) electrons. The smallest absolute Gasteiger partial charge is 0.429 e. The van der Waals surface area contributed by atoms with Gasteiger partial charge in [0, 0.05) is 5.39 Å². The third-order valence-electron chi connectivity index (χ3n) is 3.17. The van der Waals surface area contributed by atoms with Gasteiger partial charge in [-0.1, -0.05) is 24.3 Å². The van der Waals surface area contributed by atoms with Crippen LogP contribution < -0.4 is 5.63 Å². The maximum atomic E-state index is 11.8. The largest absolute Gasteiger partial charge is 2.00 e. The van der Waals surface area contributed by atoms with Gasteiger partial charge in [0.15, 0.2) is 0 Å². The summed E-state index contributed by atoms with van der Waals surface area (Å²) in [7, 11) is 0. The molecule has 0 saturated heterocycles. The summed E-state index contributed by atoms with van der Waals surface area (Å²) in [5.41, 5.74) is 1.86. The van der Waals surface area contributed by atoms with E-state index in [1.54, 1.807) is 6.07 Å². The van der Waals surface area contributed by atoms with Gasteiger partial charge in [0.2, 0.25) is 0 Å². The average Bonchev–Trinajstić information content (AvgIpc) is 3.22. The normalized spacial score (nSPS) is 9.64. The predicted molar refractivity (Wildman–Crippen MR) is 85.5 cm³/mol. The molecule has 0 aliphatic rings. The minimum Gasteiger partial charge on any atom is -0.429 e. The van der Waals surface area contributed by atoms with Crippen LogP contribution in [0.3, 0.4) is 0 Å². The van der Waals surface area contributed by atoms with Crippen molar-refractivity contribution in [3.63, 3.8) is 0 Å². The van der Waals surface area contributed by atoms with Gasteiger partial charge < -0.3 is 4.42 Å². The number of hydrogen-bond acceptors (Lipinski definition) is 2. The van der Waals surface area contributed by atoms with Gasteiger partial charge in [-0.3, -0.25) is 4.79 Å². The maximum absolute atomic E-state index is 11.8. The van der Waals surface area contributed by atoms with Crippen molar-refractivity contribution < 1.29 is 21.5 Å². The van der Waals surface area contributed by atoms with E-state index in [2.05, 4.69) is 0 Å². The molecule has 1 aromatic heterocycles. The van der Waals surface area contributed by atoms with Crippen LogP contribution in [0, 0.1) is 0 Å². The fourth-order valence-corrected chi connectivity index (χ4v) is 2.14. The van der Waals surface area contributed by atoms with Crippen LogP contribution in [0.15, 0.2) is 94.1 Å². The van der Waals surface area contributed by atoms with Crippen molar-refractivity contribution in [1.82, 2.24) is 0 Å². The molecule has 22 heavy (non-hydrogen) atoms. The van der Waals surface area contributed by atoms with Gasteiger partial charge in [-0.15, -0.1) is 11.6 Å². The Morgan fingerprint density at radius 2 is 1.64 bits per heavy atom. The molecule has 0 bridgehead atoms. The molecule has 0 atom stereocenters. The minimum absolute atomic E-state index is 0. The molecule has 4 rings (SSSR count). The Morgan fingerprint density at radius 1 is 0.864 bits per heavy atom. The van der Waals surface area contributed by atoms with Crippen LogP contribution in [-0.4, -0.2) is 0 Å². The first kappa shape index (κ1) is 16.0. The Hall–Kier alpha value is -2.35. The van der Waals surface area contributed by atoms with E-state index in [9.17, 15) is 4.79 Å². The Labute approximate surface area is 139 Å². The molecule has 3 aromatic carbocycles. The van der Waals surface area contributed by atoms with Crippen molar-refractivity contribution in [3.8, 4) is 11.1 Å². The first-order chi connectivity index (χ1) is 10.3. The zero-order valence-electron chi connectivity index (χ0n) is 11.8. The molecule has 3 heteroatoms. The average molecular weight is 330 g/mol. The summed E-state index contributed by atoms with van der Waals surface area (Å²) in [5.74, 6) is 0. The Bertz CT molecular complexity index is 839. The van der Waals surface area contributed by atoms with Crippen LogP contribution in [0.25, 0.3) is 22.1 Å².